The monoisotopic (exact) mass is 489 g/mol. The third kappa shape index (κ3) is 3.28. The molecule has 2 aromatic rings. The molecule has 0 N–H and O–H groups in total. The van der Waals surface area contributed by atoms with Crippen molar-refractivity contribution in [2.45, 2.75) is 6.42 Å². The fourth-order valence-corrected chi connectivity index (χ4v) is 6.15. The lowest BCUT2D eigenvalue weighted by molar-refractivity contribution is -0.384. The quantitative estimate of drug-likeness (QED) is 0.202. The highest BCUT2D eigenvalue weighted by atomic mass is 19.1. The molecular weight excluding hydrogens is 469 g/mol. The molecule has 2 bridgehead atoms. The zero-order valence-corrected chi connectivity index (χ0v) is 18.8. The molecule has 182 valence electrons. The molecule has 2 aromatic carbocycles. The van der Waals surface area contributed by atoms with E-state index in [2.05, 4.69) is 0 Å². The van der Waals surface area contributed by atoms with Crippen molar-refractivity contribution in [1.29, 1.82) is 0 Å². The molecule has 2 saturated carbocycles. The van der Waals surface area contributed by atoms with Gasteiger partial charge in [-0.25, -0.2) is 9.40 Å². The minimum absolute atomic E-state index is 0.0214. The molecule has 1 saturated heterocycles. The Hall–Kier alpha value is -4.21. The van der Waals surface area contributed by atoms with Crippen LogP contribution >= 0.6 is 0 Å². The van der Waals surface area contributed by atoms with Crippen LogP contribution in [0.5, 0.6) is 0 Å². The molecule has 9 nitrogen and oxygen atoms in total. The Morgan fingerprint density at radius 3 is 1.97 bits per heavy atom. The Balaban J connectivity index is 1.35. The molecule has 1 aliphatic heterocycles. The molecule has 0 spiro atoms. The number of hydrogen-bond donors (Lipinski definition) is 0. The van der Waals surface area contributed by atoms with Crippen LogP contribution in [0.15, 0.2) is 60.7 Å². The number of allylic oxidation sites excluding steroid dienone is 2. The van der Waals surface area contributed by atoms with Crippen LogP contribution in [-0.2, 0) is 9.59 Å². The smallest absolute Gasteiger partial charge is 0.273 e. The Bertz CT molecular complexity index is 1320. The van der Waals surface area contributed by atoms with Gasteiger partial charge in [-0.1, -0.05) is 12.2 Å². The normalized spacial score (nSPS) is 29.1. The van der Waals surface area contributed by atoms with Gasteiger partial charge in [0.25, 0.3) is 23.4 Å². The number of nitrogens with zero attached hydrogens (tertiary/aromatic N) is 3. The fraction of sp³-hybridized carbons (Fsp3) is 0.308. The number of amides is 3. The van der Waals surface area contributed by atoms with E-state index < -0.39 is 52.6 Å². The number of rotatable bonds is 6. The summed E-state index contributed by atoms with van der Waals surface area (Å²) in [6.07, 6.45) is 4.98. The molecule has 4 aliphatic carbocycles. The minimum atomic E-state index is -0.814. The van der Waals surface area contributed by atoms with E-state index in [9.17, 15) is 33.7 Å². The van der Waals surface area contributed by atoms with E-state index in [1.54, 1.807) is 0 Å². The second kappa shape index (κ2) is 7.91. The van der Waals surface area contributed by atoms with Gasteiger partial charge in [0.05, 0.1) is 16.8 Å². The average Bonchev–Trinajstić information content (AvgIpc) is 3.66. The maximum atomic E-state index is 13.6. The molecule has 0 radical (unpaired) electrons. The van der Waals surface area contributed by atoms with Crippen molar-refractivity contribution in [2.24, 2.45) is 35.5 Å². The van der Waals surface area contributed by atoms with E-state index in [1.165, 1.54) is 24.3 Å². The second-order valence-corrected chi connectivity index (χ2v) is 9.74. The van der Waals surface area contributed by atoms with Crippen LogP contribution in [0.1, 0.15) is 27.1 Å². The summed E-state index contributed by atoms with van der Waals surface area (Å²) in [6, 6.07) is 9.44. The number of ketones is 1. The van der Waals surface area contributed by atoms with E-state index in [1.807, 2.05) is 12.2 Å². The first kappa shape index (κ1) is 22.3. The van der Waals surface area contributed by atoms with Crippen LogP contribution in [-0.4, -0.2) is 45.0 Å². The summed E-state index contributed by atoms with van der Waals surface area (Å²) in [5, 5.41) is 12.7. The number of hydrazine groups is 1. The van der Waals surface area contributed by atoms with Gasteiger partial charge in [-0.05, 0) is 66.5 Å². The lowest BCUT2D eigenvalue weighted by atomic mass is 9.63. The Morgan fingerprint density at radius 2 is 1.44 bits per heavy atom. The maximum absolute atomic E-state index is 13.6. The average molecular weight is 489 g/mol. The number of imide groups is 1. The van der Waals surface area contributed by atoms with Gasteiger partial charge in [-0.2, -0.15) is 5.01 Å². The SMILES string of the molecule is O=C(CN(C(=O)c1ccc([N+](=O)[O-])cc1)N1C(=O)[C@@H]2[C@H]3C=C[C@@H]([C@@H]4C[C@H]34)[C@@H]2C1=O)c1ccc(F)cc1. The van der Waals surface area contributed by atoms with Crippen molar-refractivity contribution in [3.05, 3.63) is 87.7 Å². The molecule has 10 heteroatoms. The first-order valence-electron chi connectivity index (χ1n) is 11.7. The topological polar surface area (TPSA) is 118 Å². The van der Waals surface area contributed by atoms with Crippen LogP contribution in [0.3, 0.4) is 0 Å². The van der Waals surface area contributed by atoms with E-state index in [0.29, 0.717) is 11.8 Å². The zero-order valence-electron chi connectivity index (χ0n) is 18.8. The van der Waals surface area contributed by atoms with Crippen LogP contribution in [0, 0.1) is 51.4 Å². The molecule has 6 atom stereocenters. The first-order chi connectivity index (χ1) is 17.3. The molecular formula is C26H20FN3O6. The maximum Gasteiger partial charge on any atom is 0.273 e. The van der Waals surface area contributed by atoms with E-state index >= 15 is 0 Å². The molecule has 1 heterocycles. The van der Waals surface area contributed by atoms with Gasteiger partial charge in [0, 0.05) is 23.3 Å². The number of nitro groups is 1. The third-order valence-electron chi connectivity index (χ3n) is 7.90. The Kier molecular flexibility index (Phi) is 4.89. The molecule has 7 rings (SSSR count). The van der Waals surface area contributed by atoms with Gasteiger partial charge >= 0.3 is 0 Å². The Morgan fingerprint density at radius 1 is 0.917 bits per heavy atom. The molecule has 3 amide bonds. The number of carbonyl (C=O) groups is 4. The lowest BCUT2D eigenvalue weighted by Crippen LogP contribution is -2.52. The highest BCUT2D eigenvalue weighted by molar-refractivity contribution is 6.10. The first-order valence-corrected chi connectivity index (χ1v) is 11.7. The number of halogens is 1. The largest absolute Gasteiger partial charge is 0.292 e. The number of Topliss-reactive ketones (excluding diaryl/α,β-unsaturated/α-hetero) is 1. The number of non-ortho nitro benzene ring substituents is 1. The number of carbonyl (C=O) groups excluding carboxylic acids is 4. The van der Waals surface area contributed by atoms with E-state index in [-0.39, 0.29) is 28.7 Å². The van der Waals surface area contributed by atoms with Gasteiger partial charge in [-0.15, -0.1) is 0 Å². The molecule has 3 fully saturated rings. The predicted molar refractivity (Wildman–Crippen MR) is 121 cm³/mol. The molecule has 0 unspecified atom stereocenters. The number of nitro benzene ring substituents is 1. The lowest BCUT2D eigenvalue weighted by Gasteiger charge is -2.37. The van der Waals surface area contributed by atoms with Crippen molar-refractivity contribution >= 4 is 29.2 Å². The summed E-state index contributed by atoms with van der Waals surface area (Å²) in [5.74, 6) is -3.57. The summed E-state index contributed by atoms with van der Waals surface area (Å²) >= 11 is 0. The van der Waals surface area contributed by atoms with Crippen molar-refractivity contribution in [3.63, 3.8) is 0 Å². The van der Waals surface area contributed by atoms with Gasteiger partial charge < -0.3 is 0 Å². The van der Waals surface area contributed by atoms with Crippen LogP contribution in [0.25, 0.3) is 0 Å². The molecule has 5 aliphatic rings. The van der Waals surface area contributed by atoms with E-state index in [0.717, 1.165) is 40.7 Å². The van der Waals surface area contributed by atoms with Crippen molar-refractivity contribution in [2.75, 3.05) is 6.54 Å². The highest BCUT2D eigenvalue weighted by Crippen LogP contribution is 2.65. The van der Waals surface area contributed by atoms with Crippen LogP contribution < -0.4 is 0 Å². The van der Waals surface area contributed by atoms with Crippen molar-refractivity contribution in [1.82, 2.24) is 10.0 Å². The van der Waals surface area contributed by atoms with Crippen LogP contribution in [0.2, 0.25) is 0 Å². The van der Waals surface area contributed by atoms with Gasteiger partial charge in [0.1, 0.15) is 12.4 Å². The number of hydrogen-bond acceptors (Lipinski definition) is 6. The van der Waals surface area contributed by atoms with E-state index in [4.69, 9.17) is 0 Å². The van der Waals surface area contributed by atoms with Crippen molar-refractivity contribution in [3.8, 4) is 0 Å². The van der Waals surface area contributed by atoms with Crippen molar-refractivity contribution < 1.29 is 28.5 Å². The van der Waals surface area contributed by atoms with Crippen LogP contribution in [0.4, 0.5) is 10.1 Å². The van der Waals surface area contributed by atoms with Gasteiger partial charge in [-0.3, -0.25) is 29.3 Å². The van der Waals surface area contributed by atoms with Gasteiger partial charge in [0.15, 0.2) is 5.78 Å². The summed E-state index contributed by atoms with van der Waals surface area (Å²) in [6.45, 7) is -0.631. The fourth-order valence-electron chi connectivity index (χ4n) is 6.15. The minimum Gasteiger partial charge on any atom is -0.292 e. The highest BCUT2D eigenvalue weighted by Gasteiger charge is 2.68. The summed E-state index contributed by atoms with van der Waals surface area (Å²) in [4.78, 5) is 64.3. The summed E-state index contributed by atoms with van der Waals surface area (Å²) in [5.41, 5.74) is -0.147. The standard InChI is InChI=1S/C26H20FN3O6/c27-15-5-1-13(2-6-15)21(31)12-28(24(32)14-3-7-16(8-4-14)30(35)36)29-25(33)22-17-9-10-18(20-11-19(17)20)23(22)26(29)34/h1-10,17-20,22-23H,11-12H2/t17-,18-,19-,20+,22-,23+/m0/s1. The summed E-state index contributed by atoms with van der Waals surface area (Å²) < 4.78 is 13.4. The predicted octanol–water partition coefficient (Wildman–Crippen LogP) is 3.03. The zero-order chi connectivity index (χ0) is 25.3. The van der Waals surface area contributed by atoms with Gasteiger partial charge in [0.2, 0.25) is 0 Å². The second-order valence-electron chi connectivity index (χ2n) is 9.74. The third-order valence-corrected chi connectivity index (χ3v) is 7.90. The molecule has 36 heavy (non-hydrogen) atoms. The summed E-state index contributed by atoms with van der Waals surface area (Å²) in [7, 11) is 0. The number of benzene rings is 2. The molecule has 0 aromatic heterocycles. The Labute approximate surface area is 204 Å².